The molecule has 1 saturated heterocycles. The summed E-state index contributed by atoms with van der Waals surface area (Å²) in [4.78, 5) is 0. The van der Waals surface area contributed by atoms with Gasteiger partial charge >= 0.3 is 0 Å². The maximum Gasteiger partial charge on any atom is 0.183 e. The van der Waals surface area contributed by atoms with E-state index in [1.807, 2.05) is 0 Å². The molecular formula is C24H40O3. The minimum atomic E-state index is -0.334. The zero-order valence-electron chi connectivity index (χ0n) is 18.5. The minimum Gasteiger partial charge on any atom is -0.507 e. The molecule has 0 aromatic heterocycles. The van der Waals surface area contributed by atoms with Gasteiger partial charge in [0.2, 0.25) is 0 Å². The van der Waals surface area contributed by atoms with Gasteiger partial charge in [0.25, 0.3) is 0 Å². The summed E-state index contributed by atoms with van der Waals surface area (Å²) in [5.74, 6) is 0.905. The fourth-order valence-corrected chi connectivity index (χ4v) is 3.70. The second-order valence-corrected chi connectivity index (χ2v) is 10.2. The van der Waals surface area contributed by atoms with Gasteiger partial charge in [0.1, 0.15) is 5.75 Å². The van der Waals surface area contributed by atoms with Crippen molar-refractivity contribution in [3.63, 3.8) is 0 Å². The van der Waals surface area contributed by atoms with Crippen LogP contribution in [0, 0.1) is 5.92 Å². The van der Waals surface area contributed by atoms with Crippen molar-refractivity contribution in [3.05, 3.63) is 28.8 Å². The van der Waals surface area contributed by atoms with E-state index in [2.05, 4.69) is 60.6 Å². The van der Waals surface area contributed by atoms with Crippen molar-refractivity contribution in [2.24, 2.45) is 5.92 Å². The Morgan fingerprint density at radius 2 is 1.41 bits per heavy atom. The highest BCUT2D eigenvalue weighted by molar-refractivity contribution is 5.50. The van der Waals surface area contributed by atoms with Crippen molar-refractivity contribution >= 4 is 0 Å². The van der Waals surface area contributed by atoms with Crippen LogP contribution >= 0.6 is 0 Å². The molecule has 3 nitrogen and oxygen atoms in total. The van der Waals surface area contributed by atoms with Crippen molar-refractivity contribution < 1.29 is 14.6 Å². The summed E-state index contributed by atoms with van der Waals surface area (Å²) in [7, 11) is 0. The molecule has 0 atom stereocenters. The van der Waals surface area contributed by atoms with Crippen molar-refractivity contribution in [2.75, 3.05) is 13.2 Å². The van der Waals surface area contributed by atoms with E-state index in [4.69, 9.17) is 9.47 Å². The molecule has 0 amide bonds. The molecule has 0 spiro atoms. The number of hydrogen-bond donors (Lipinski definition) is 1. The molecule has 0 unspecified atom stereocenters. The van der Waals surface area contributed by atoms with E-state index in [-0.39, 0.29) is 17.1 Å². The molecule has 1 aliphatic heterocycles. The molecule has 154 valence electrons. The zero-order valence-corrected chi connectivity index (χ0v) is 18.5. The van der Waals surface area contributed by atoms with Crippen LogP contribution in [0.1, 0.15) is 104 Å². The monoisotopic (exact) mass is 376 g/mol. The highest BCUT2D eigenvalue weighted by Gasteiger charge is 2.30. The van der Waals surface area contributed by atoms with Gasteiger partial charge < -0.3 is 14.6 Å². The van der Waals surface area contributed by atoms with Gasteiger partial charge in [-0.15, -0.1) is 0 Å². The lowest BCUT2D eigenvalue weighted by atomic mass is 9.78. The largest absolute Gasteiger partial charge is 0.507 e. The van der Waals surface area contributed by atoms with Crippen molar-refractivity contribution in [1.29, 1.82) is 0 Å². The van der Waals surface area contributed by atoms with E-state index in [0.29, 0.717) is 11.7 Å². The van der Waals surface area contributed by atoms with E-state index < -0.39 is 0 Å². The van der Waals surface area contributed by atoms with Gasteiger partial charge in [0, 0.05) is 11.5 Å². The Morgan fingerprint density at radius 1 is 0.889 bits per heavy atom. The molecule has 1 N–H and O–H groups in total. The molecule has 0 bridgehead atoms. The fraction of sp³-hybridized carbons (Fsp3) is 0.750. The molecule has 0 aliphatic carbocycles. The van der Waals surface area contributed by atoms with Crippen LogP contribution in [-0.4, -0.2) is 18.3 Å². The Kier molecular flexibility index (Phi) is 7.38. The van der Waals surface area contributed by atoms with Crippen molar-refractivity contribution in [2.45, 2.75) is 97.7 Å². The van der Waals surface area contributed by atoms with Gasteiger partial charge in [0.05, 0.1) is 13.2 Å². The summed E-state index contributed by atoms with van der Waals surface area (Å²) in [6.45, 7) is 16.6. The number of ether oxygens (including phenoxy) is 2. The Balaban J connectivity index is 2.15. The molecular weight excluding hydrogens is 336 g/mol. The molecule has 1 fully saturated rings. The second-order valence-electron chi connectivity index (χ2n) is 10.2. The summed E-state index contributed by atoms with van der Waals surface area (Å²) in [5, 5.41) is 10.9. The molecule has 1 aromatic carbocycles. The van der Waals surface area contributed by atoms with Crippen LogP contribution < -0.4 is 0 Å². The lowest BCUT2D eigenvalue weighted by molar-refractivity contribution is -0.206. The van der Waals surface area contributed by atoms with Gasteiger partial charge in [-0.05, 0) is 40.5 Å². The highest BCUT2D eigenvalue weighted by atomic mass is 16.7. The summed E-state index contributed by atoms with van der Waals surface area (Å²) in [6.07, 6.45) is 6.00. The van der Waals surface area contributed by atoms with E-state index in [0.717, 1.165) is 29.9 Å². The lowest BCUT2D eigenvalue weighted by Crippen LogP contribution is -2.28. The second kappa shape index (κ2) is 8.96. The van der Waals surface area contributed by atoms with Crippen LogP contribution in [0.2, 0.25) is 0 Å². The maximum atomic E-state index is 10.9. The lowest BCUT2D eigenvalue weighted by Gasteiger charge is -2.33. The smallest absolute Gasteiger partial charge is 0.183 e. The number of aromatic hydroxyl groups is 1. The number of hydrogen-bond acceptors (Lipinski definition) is 3. The molecule has 0 saturated carbocycles. The third-order valence-electron chi connectivity index (χ3n) is 5.45. The van der Waals surface area contributed by atoms with Crippen LogP contribution in [-0.2, 0) is 20.3 Å². The predicted molar refractivity (Wildman–Crippen MR) is 112 cm³/mol. The third kappa shape index (κ3) is 5.96. The first-order valence-electron chi connectivity index (χ1n) is 10.6. The quantitative estimate of drug-likeness (QED) is 0.567. The van der Waals surface area contributed by atoms with Gasteiger partial charge in [-0.25, -0.2) is 0 Å². The van der Waals surface area contributed by atoms with Crippen LogP contribution in [0.4, 0.5) is 0 Å². The summed E-state index contributed by atoms with van der Waals surface area (Å²) in [6, 6.07) is 4.13. The zero-order chi connectivity index (χ0) is 20.2. The van der Waals surface area contributed by atoms with Gasteiger partial charge in [-0.1, -0.05) is 74.1 Å². The molecule has 2 rings (SSSR count). The Hall–Kier alpha value is -1.06. The normalized spacial score (nSPS) is 21.4. The van der Waals surface area contributed by atoms with Gasteiger partial charge in [-0.2, -0.15) is 0 Å². The first-order chi connectivity index (χ1) is 12.5. The van der Waals surface area contributed by atoms with Crippen LogP contribution in [0.15, 0.2) is 12.1 Å². The maximum absolute atomic E-state index is 10.9. The minimum absolute atomic E-state index is 0.142. The summed E-state index contributed by atoms with van der Waals surface area (Å²) >= 11 is 0. The van der Waals surface area contributed by atoms with E-state index in [9.17, 15) is 5.11 Å². The van der Waals surface area contributed by atoms with E-state index in [1.165, 1.54) is 32.1 Å². The predicted octanol–water partition coefficient (Wildman–Crippen LogP) is 6.62. The van der Waals surface area contributed by atoms with Gasteiger partial charge in [-0.3, -0.25) is 0 Å². The molecule has 1 aromatic rings. The summed E-state index contributed by atoms with van der Waals surface area (Å²) < 4.78 is 12.2. The Labute approximate surface area is 166 Å². The molecule has 1 aliphatic rings. The van der Waals surface area contributed by atoms with E-state index >= 15 is 0 Å². The van der Waals surface area contributed by atoms with Gasteiger partial charge in [0.15, 0.2) is 6.29 Å². The first kappa shape index (κ1) is 22.2. The molecule has 27 heavy (non-hydrogen) atoms. The molecule has 0 radical (unpaired) electrons. The number of phenols is 1. The summed E-state index contributed by atoms with van der Waals surface area (Å²) in [5.41, 5.74) is 2.65. The molecule has 1 heterocycles. The average Bonchev–Trinajstić information content (AvgIpc) is 2.57. The molecule has 3 heteroatoms. The van der Waals surface area contributed by atoms with Crippen LogP contribution in [0.5, 0.6) is 5.75 Å². The third-order valence-corrected chi connectivity index (χ3v) is 5.45. The standard InChI is InChI=1S/C24H40O3/c1-8-9-10-11-12-17-15-26-22(27-16-17)18-13-19(23(2,3)4)21(25)20(14-18)24(5,6)7/h13-14,17,22,25H,8-12,15-16H2,1-7H3. The SMILES string of the molecule is CCCCCCC1COC(c2cc(C(C)(C)C)c(O)c(C(C)(C)C)c2)OC1. The number of rotatable bonds is 6. The van der Waals surface area contributed by atoms with Crippen LogP contribution in [0.3, 0.4) is 0 Å². The number of benzene rings is 1. The fourth-order valence-electron chi connectivity index (χ4n) is 3.70. The van der Waals surface area contributed by atoms with Crippen LogP contribution in [0.25, 0.3) is 0 Å². The number of phenolic OH excluding ortho intramolecular Hbond substituents is 1. The van der Waals surface area contributed by atoms with Crippen molar-refractivity contribution in [3.8, 4) is 5.75 Å². The number of unbranched alkanes of at least 4 members (excludes halogenated alkanes) is 3. The Bertz CT molecular complexity index is 564. The Morgan fingerprint density at radius 3 is 1.85 bits per heavy atom. The average molecular weight is 377 g/mol. The first-order valence-corrected chi connectivity index (χ1v) is 10.6. The van der Waals surface area contributed by atoms with Crippen molar-refractivity contribution in [1.82, 2.24) is 0 Å². The highest BCUT2D eigenvalue weighted by Crippen LogP contribution is 2.42. The topological polar surface area (TPSA) is 38.7 Å². The van der Waals surface area contributed by atoms with E-state index in [1.54, 1.807) is 0 Å².